The van der Waals surface area contributed by atoms with E-state index in [1.807, 2.05) is 18.2 Å². The van der Waals surface area contributed by atoms with E-state index in [0.717, 1.165) is 24.1 Å². The van der Waals surface area contributed by atoms with Gasteiger partial charge in [-0.1, -0.05) is 6.07 Å². The largest absolute Gasteiger partial charge is 0.437 e. The van der Waals surface area contributed by atoms with Crippen LogP contribution < -0.4 is 26.2 Å². The standard InChI is InChI=1S/C21H24N8O3/c1-22-16-15-17(25-20(23-2)24-16)28-9-5-8-14(28)11-29(19(15)30)13-7-4-6-12(10-13)18-26-27(3)21(31)32-18/h4,6-7,10,14H,5,8-9,11H2,1-3H3,(H2,22,23,24,25). The van der Waals surface area contributed by atoms with Crippen molar-refractivity contribution >= 4 is 29.2 Å². The maximum atomic E-state index is 13.8. The molecule has 1 fully saturated rings. The molecule has 0 spiro atoms. The summed E-state index contributed by atoms with van der Waals surface area (Å²) in [6.45, 7) is 1.35. The van der Waals surface area contributed by atoms with Gasteiger partial charge in [0.25, 0.3) is 5.91 Å². The van der Waals surface area contributed by atoms with E-state index in [1.165, 1.54) is 7.05 Å². The average Bonchev–Trinajstić information content (AvgIpc) is 3.39. The minimum atomic E-state index is -0.539. The first-order chi connectivity index (χ1) is 15.5. The van der Waals surface area contributed by atoms with Crippen LogP contribution in [0.25, 0.3) is 11.5 Å². The van der Waals surface area contributed by atoms with Crippen LogP contribution in [0.3, 0.4) is 0 Å². The lowest BCUT2D eigenvalue weighted by molar-refractivity contribution is 0.0989. The molecule has 1 atom stereocenters. The fourth-order valence-electron chi connectivity index (χ4n) is 4.37. The Morgan fingerprint density at radius 1 is 1.16 bits per heavy atom. The number of aryl methyl sites for hydroxylation is 1. The lowest BCUT2D eigenvalue weighted by atomic mass is 10.1. The van der Waals surface area contributed by atoms with Crippen molar-refractivity contribution in [2.45, 2.75) is 18.9 Å². The molecule has 2 aliphatic rings. The highest BCUT2D eigenvalue weighted by molar-refractivity contribution is 6.13. The lowest BCUT2D eigenvalue weighted by Crippen LogP contribution is -2.39. The molecular formula is C21H24N8O3. The van der Waals surface area contributed by atoms with Gasteiger partial charge in [-0.3, -0.25) is 4.79 Å². The third-order valence-corrected chi connectivity index (χ3v) is 5.95. The fourth-order valence-corrected chi connectivity index (χ4v) is 4.37. The van der Waals surface area contributed by atoms with Crippen LogP contribution in [-0.2, 0) is 7.05 Å². The number of hydrogen-bond donors (Lipinski definition) is 2. The van der Waals surface area contributed by atoms with E-state index in [1.54, 1.807) is 25.1 Å². The molecule has 0 bridgehead atoms. The Hall–Kier alpha value is -3.89. The second kappa shape index (κ2) is 7.66. The summed E-state index contributed by atoms with van der Waals surface area (Å²) in [5, 5.41) is 10.2. The highest BCUT2D eigenvalue weighted by atomic mass is 16.4. The van der Waals surface area contributed by atoms with Crippen molar-refractivity contribution in [3.8, 4) is 11.5 Å². The molecule has 32 heavy (non-hydrogen) atoms. The van der Waals surface area contributed by atoms with E-state index in [4.69, 9.17) is 4.42 Å². The summed E-state index contributed by atoms with van der Waals surface area (Å²) in [5.41, 5.74) is 1.77. The third kappa shape index (κ3) is 3.17. The fraction of sp³-hybridized carbons (Fsp3) is 0.381. The molecule has 2 aromatic heterocycles. The average molecular weight is 436 g/mol. The Labute approximate surface area is 184 Å². The molecule has 11 nitrogen and oxygen atoms in total. The molecule has 0 saturated carbocycles. The second-order valence-electron chi connectivity index (χ2n) is 7.85. The Morgan fingerprint density at radius 3 is 2.72 bits per heavy atom. The van der Waals surface area contributed by atoms with Crippen LogP contribution in [0.15, 0.2) is 33.5 Å². The lowest BCUT2D eigenvalue weighted by Gasteiger charge is -2.27. The Kier molecular flexibility index (Phi) is 4.80. The van der Waals surface area contributed by atoms with E-state index in [-0.39, 0.29) is 17.8 Å². The van der Waals surface area contributed by atoms with Crippen molar-refractivity contribution in [1.29, 1.82) is 0 Å². The number of nitrogens with one attached hydrogen (secondary N) is 2. The molecule has 11 heteroatoms. The van der Waals surface area contributed by atoms with Gasteiger partial charge in [-0.2, -0.15) is 14.6 Å². The van der Waals surface area contributed by atoms with Gasteiger partial charge in [0.1, 0.15) is 17.2 Å². The number of nitrogens with zero attached hydrogens (tertiary/aromatic N) is 6. The van der Waals surface area contributed by atoms with Gasteiger partial charge in [-0.15, -0.1) is 5.10 Å². The van der Waals surface area contributed by atoms with Crippen molar-refractivity contribution < 1.29 is 9.21 Å². The highest BCUT2D eigenvalue weighted by Gasteiger charge is 2.39. The number of fused-ring (bicyclic) bond motifs is 3. The minimum absolute atomic E-state index is 0.140. The summed E-state index contributed by atoms with van der Waals surface area (Å²) in [5.74, 6) is 1.09. The number of carbonyl (C=O) groups excluding carboxylic acids is 1. The zero-order valence-corrected chi connectivity index (χ0v) is 18.1. The predicted octanol–water partition coefficient (Wildman–Crippen LogP) is 1.54. The van der Waals surface area contributed by atoms with Crippen LogP contribution in [0.5, 0.6) is 0 Å². The van der Waals surface area contributed by atoms with Crippen LogP contribution in [0.2, 0.25) is 0 Å². The summed E-state index contributed by atoms with van der Waals surface area (Å²) < 4.78 is 6.37. The van der Waals surface area contributed by atoms with Gasteiger partial charge >= 0.3 is 5.76 Å². The molecule has 166 valence electrons. The SMILES string of the molecule is CNc1nc(NC)c2c(n1)N1CCCC1CN(c1cccc(-c3nn(C)c(=O)o3)c1)C2=O. The second-order valence-corrected chi connectivity index (χ2v) is 7.85. The van der Waals surface area contributed by atoms with Crippen LogP contribution >= 0.6 is 0 Å². The molecule has 1 amide bonds. The quantitative estimate of drug-likeness (QED) is 0.627. The molecule has 1 unspecified atom stereocenters. The molecule has 1 aromatic carbocycles. The topological polar surface area (TPSA) is 121 Å². The molecule has 2 aliphatic heterocycles. The summed E-state index contributed by atoms with van der Waals surface area (Å²) in [6.07, 6.45) is 1.99. The zero-order valence-electron chi connectivity index (χ0n) is 18.1. The monoisotopic (exact) mass is 436 g/mol. The normalized spacial score (nSPS) is 17.7. The number of benzene rings is 1. The van der Waals surface area contributed by atoms with Gasteiger partial charge in [0.2, 0.25) is 11.8 Å². The third-order valence-electron chi connectivity index (χ3n) is 5.95. The minimum Gasteiger partial charge on any atom is -0.388 e. The maximum Gasteiger partial charge on any atom is 0.437 e. The van der Waals surface area contributed by atoms with Gasteiger partial charge < -0.3 is 24.9 Å². The smallest absolute Gasteiger partial charge is 0.388 e. The zero-order chi connectivity index (χ0) is 22.4. The van der Waals surface area contributed by atoms with Gasteiger partial charge in [0.15, 0.2) is 0 Å². The molecule has 2 N–H and O–H groups in total. The molecule has 0 radical (unpaired) electrons. The van der Waals surface area contributed by atoms with E-state index in [2.05, 4.69) is 30.6 Å². The predicted molar refractivity (Wildman–Crippen MR) is 120 cm³/mol. The Balaban J connectivity index is 1.63. The van der Waals surface area contributed by atoms with Gasteiger partial charge in [0.05, 0.1) is 0 Å². The van der Waals surface area contributed by atoms with Crippen molar-refractivity contribution in [2.75, 3.05) is 47.6 Å². The van der Waals surface area contributed by atoms with Crippen LogP contribution in [0.1, 0.15) is 23.2 Å². The number of rotatable bonds is 4. The maximum absolute atomic E-state index is 13.8. The number of carbonyl (C=O) groups is 1. The van der Waals surface area contributed by atoms with Crippen molar-refractivity contribution in [2.24, 2.45) is 7.05 Å². The van der Waals surface area contributed by atoms with Crippen molar-refractivity contribution in [3.05, 3.63) is 40.4 Å². The summed E-state index contributed by atoms with van der Waals surface area (Å²) in [7, 11) is 5.03. The molecule has 1 saturated heterocycles. The number of hydrogen-bond acceptors (Lipinski definition) is 9. The van der Waals surface area contributed by atoms with Crippen LogP contribution in [-0.4, -0.2) is 58.9 Å². The first-order valence-corrected chi connectivity index (χ1v) is 10.5. The number of amides is 1. The summed E-state index contributed by atoms with van der Waals surface area (Å²) in [4.78, 5) is 38.6. The van der Waals surface area contributed by atoms with E-state index in [0.29, 0.717) is 40.9 Å². The van der Waals surface area contributed by atoms with Crippen molar-refractivity contribution in [3.63, 3.8) is 0 Å². The molecule has 5 rings (SSSR count). The Bertz CT molecular complexity index is 1250. The van der Waals surface area contributed by atoms with E-state index < -0.39 is 5.76 Å². The highest BCUT2D eigenvalue weighted by Crippen LogP contribution is 2.37. The van der Waals surface area contributed by atoms with Crippen LogP contribution in [0.4, 0.5) is 23.3 Å². The first kappa shape index (κ1) is 20.0. The van der Waals surface area contributed by atoms with Gasteiger partial charge in [-0.25, -0.2) is 4.79 Å². The summed E-state index contributed by atoms with van der Waals surface area (Å²) >= 11 is 0. The molecule has 0 aliphatic carbocycles. The van der Waals surface area contributed by atoms with Gasteiger partial charge in [0, 0.05) is 51.5 Å². The van der Waals surface area contributed by atoms with Crippen LogP contribution in [0, 0.1) is 0 Å². The van der Waals surface area contributed by atoms with Crippen molar-refractivity contribution in [1.82, 2.24) is 19.7 Å². The molecule has 4 heterocycles. The Morgan fingerprint density at radius 2 is 2.00 bits per heavy atom. The van der Waals surface area contributed by atoms with E-state index in [9.17, 15) is 9.59 Å². The first-order valence-electron chi connectivity index (χ1n) is 10.5. The summed E-state index contributed by atoms with van der Waals surface area (Å²) in [6, 6.07) is 7.45. The van der Waals surface area contributed by atoms with E-state index >= 15 is 0 Å². The molecular weight excluding hydrogens is 412 g/mol. The number of anilines is 4. The molecule has 3 aromatic rings. The van der Waals surface area contributed by atoms with Gasteiger partial charge in [-0.05, 0) is 31.0 Å². The number of aromatic nitrogens is 4.